The highest BCUT2D eigenvalue weighted by Gasteiger charge is 2.21. The van der Waals surface area contributed by atoms with Gasteiger partial charge in [0.25, 0.3) is 0 Å². The molecule has 1 rings (SSSR count). The average Bonchev–Trinajstić information content (AvgIpc) is 2.27. The Bertz CT molecular complexity index is 217. The van der Waals surface area contributed by atoms with Gasteiger partial charge in [0.15, 0.2) is 0 Å². The molecule has 0 unspecified atom stereocenters. The molecule has 0 bridgehead atoms. The lowest BCUT2D eigenvalue weighted by Crippen LogP contribution is -2.19. The zero-order chi connectivity index (χ0) is 11.1. The van der Waals surface area contributed by atoms with Crippen molar-refractivity contribution in [3.8, 4) is 0 Å². The second-order valence-corrected chi connectivity index (χ2v) is 4.11. The highest BCUT2D eigenvalue weighted by Crippen LogP contribution is 2.25. The maximum absolute atomic E-state index is 11.7. The summed E-state index contributed by atoms with van der Waals surface area (Å²) in [5.41, 5.74) is 0. The predicted molar refractivity (Wildman–Crippen MR) is 57.4 cm³/mol. The SMILES string of the molecule is CCOC(=O)CCC(=O)C1CCCCC1. The lowest BCUT2D eigenvalue weighted by Gasteiger charge is -2.19. The van der Waals surface area contributed by atoms with E-state index in [2.05, 4.69) is 0 Å². The standard InChI is InChI=1S/C12H20O3/c1-2-15-12(14)9-8-11(13)10-6-4-3-5-7-10/h10H,2-9H2,1H3. The largest absolute Gasteiger partial charge is 0.466 e. The Balaban J connectivity index is 2.19. The molecule has 0 atom stereocenters. The van der Waals surface area contributed by atoms with Gasteiger partial charge in [-0.3, -0.25) is 9.59 Å². The van der Waals surface area contributed by atoms with Gasteiger partial charge < -0.3 is 4.74 Å². The quantitative estimate of drug-likeness (QED) is 0.657. The minimum atomic E-state index is -0.248. The molecule has 1 aliphatic rings. The maximum atomic E-state index is 11.7. The molecule has 0 aromatic rings. The van der Waals surface area contributed by atoms with Crippen LogP contribution in [0.15, 0.2) is 0 Å². The molecule has 0 spiro atoms. The van der Waals surface area contributed by atoms with Gasteiger partial charge in [0.1, 0.15) is 5.78 Å². The summed E-state index contributed by atoms with van der Waals surface area (Å²) in [4.78, 5) is 22.8. The zero-order valence-electron chi connectivity index (χ0n) is 9.46. The van der Waals surface area contributed by atoms with Gasteiger partial charge in [0.2, 0.25) is 0 Å². The molecule has 0 amide bonds. The number of hydrogen-bond acceptors (Lipinski definition) is 3. The number of carbonyl (C=O) groups excluding carboxylic acids is 2. The molecule has 3 heteroatoms. The van der Waals surface area contributed by atoms with Crippen molar-refractivity contribution in [1.29, 1.82) is 0 Å². The van der Waals surface area contributed by atoms with Crippen molar-refractivity contribution in [3.63, 3.8) is 0 Å². The average molecular weight is 212 g/mol. The van der Waals surface area contributed by atoms with E-state index in [4.69, 9.17) is 4.74 Å². The molecule has 0 heterocycles. The van der Waals surface area contributed by atoms with Crippen LogP contribution in [0.25, 0.3) is 0 Å². The molecule has 1 saturated carbocycles. The van der Waals surface area contributed by atoms with Crippen molar-refractivity contribution in [3.05, 3.63) is 0 Å². The summed E-state index contributed by atoms with van der Waals surface area (Å²) in [7, 11) is 0. The third kappa shape index (κ3) is 4.45. The van der Waals surface area contributed by atoms with E-state index in [0.717, 1.165) is 25.7 Å². The number of esters is 1. The summed E-state index contributed by atoms with van der Waals surface area (Å²) in [6.07, 6.45) is 6.23. The first-order valence-electron chi connectivity index (χ1n) is 5.92. The Hall–Kier alpha value is -0.860. The molecule has 0 N–H and O–H groups in total. The van der Waals surface area contributed by atoms with E-state index in [-0.39, 0.29) is 24.1 Å². The van der Waals surface area contributed by atoms with Gasteiger partial charge in [0.05, 0.1) is 13.0 Å². The van der Waals surface area contributed by atoms with Gasteiger partial charge in [-0.05, 0) is 19.8 Å². The van der Waals surface area contributed by atoms with Gasteiger partial charge in [-0.1, -0.05) is 19.3 Å². The van der Waals surface area contributed by atoms with Gasteiger partial charge in [-0.25, -0.2) is 0 Å². The van der Waals surface area contributed by atoms with Gasteiger partial charge in [-0.15, -0.1) is 0 Å². The van der Waals surface area contributed by atoms with Crippen LogP contribution in [0.5, 0.6) is 0 Å². The van der Waals surface area contributed by atoms with Crippen molar-refractivity contribution in [1.82, 2.24) is 0 Å². The van der Waals surface area contributed by atoms with Crippen LogP contribution in [0.2, 0.25) is 0 Å². The fraction of sp³-hybridized carbons (Fsp3) is 0.833. The minimum absolute atomic E-state index is 0.216. The molecule has 86 valence electrons. The fourth-order valence-corrected chi connectivity index (χ4v) is 2.09. The summed E-state index contributed by atoms with van der Waals surface area (Å²) in [5.74, 6) is 0.220. The Kier molecular flexibility index (Phi) is 5.37. The molecule has 1 aliphatic carbocycles. The number of ether oxygens (including phenoxy) is 1. The lowest BCUT2D eigenvalue weighted by atomic mass is 9.85. The predicted octanol–water partition coefficient (Wildman–Crippen LogP) is 2.48. The maximum Gasteiger partial charge on any atom is 0.306 e. The summed E-state index contributed by atoms with van der Waals surface area (Å²) in [6, 6.07) is 0. The Morgan fingerprint density at radius 3 is 2.40 bits per heavy atom. The molecule has 0 aromatic carbocycles. The van der Waals surface area contributed by atoms with E-state index >= 15 is 0 Å². The van der Waals surface area contributed by atoms with Crippen LogP contribution in [0.3, 0.4) is 0 Å². The number of hydrogen-bond donors (Lipinski definition) is 0. The van der Waals surface area contributed by atoms with Crippen LogP contribution in [0.1, 0.15) is 51.9 Å². The highest BCUT2D eigenvalue weighted by molar-refractivity contribution is 5.84. The van der Waals surface area contributed by atoms with Crippen LogP contribution < -0.4 is 0 Å². The van der Waals surface area contributed by atoms with Crippen molar-refractivity contribution in [2.75, 3.05) is 6.61 Å². The van der Waals surface area contributed by atoms with Crippen LogP contribution in [-0.4, -0.2) is 18.4 Å². The molecular weight excluding hydrogens is 192 g/mol. The zero-order valence-corrected chi connectivity index (χ0v) is 9.46. The second-order valence-electron chi connectivity index (χ2n) is 4.11. The summed E-state index contributed by atoms with van der Waals surface area (Å²) in [5, 5.41) is 0. The van der Waals surface area contributed by atoms with E-state index in [1.165, 1.54) is 6.42 Å². The molecule has 1 fully saturated rings. The van der Waals surface area contributed by atoms with E-state index in [0.29, 0.717) is 13.0 Å². The second kappa shape index (κ2) is 6.59. The summed E-state index contributed by atoms with van der Waals surface area (Å²) in [6.45, 7) is 2.18. The minimum Gasteiger partial charge on any atom is -0.466 e. The van der Waals surface area contributed by atoms with Crippen molar-refractivity contribution in [2.24, 2.45) is 5.92 Å². The Morgan fingerprint density at radius 2 is 1.80 bits per heavy atom. The number of Topliss-reactive ketones (excluding diaryl/α,β-unsaturated/α-hetero) is 1. The van der Waals surface area contributed by atoms with E-state index in [9.17, 15) is 9.59 Å². The number of rotatable bonds is 5. The topological polar surface area (TPSA) is 43.4 Å². The molecular formula is C12H20O3. The lowest BCUT2D eigenvalue weighted by molar-refractivity contribution is -0.144. The fourth-order valence-electron chi connectivity index (χ4n) is 2.09. The first kappa shape index (κ1) is 12.2. The number of carbonyl (C=O) groups is 2. The smallest absolute Gasteiger partial charge is 0.306 e. The third-order valence-corrected chi connectivity index (χ3v) is 2.94. The first-order chi connectivity index (χ1) is 7.24. The van der Waals surface area contributed by atoms with Crippen LogP contribution in [0, 0.1) is 5.92 Å². The van der Waals surface area contributed by atoms with Crippen LogP contribution in [-0.2, 0) is 14.3 Å². The van der Waals surface area contributed by atoms with Gasteiger partial charge >= 0.3 is 5.97 Å². The molecule has 0 radical (unpaired) electrons. The van der Waals surface area contributed by atoms with E-state index < -0.39 is 0 Å². The van der Waals surface area contributed by atoms with Crippen molar-refractivity contribution in [2.45, 2.75) is 51.9 Å². The Morgan fingerprint density at radius 1 is 1.13 bits per heavy atom. The molecule has 3 nitrogen and oxygen atoms in total. The first-order valence-corrected chi connectivity index (χ1v) is 5.92. The molecule has 0 saturated heterocycles. The normalized spacial score (nSPS) is 17.4. The van der Waals surface area contributed by atoms with E-state index in [1.807, 2.05) is 0 Å². The van der Waals surface area contributed by atoms with Crippen molar-refractivity contribution < 1.29 is 14.3 Å². The van der Waals surface area contributed by atoms with Gasteiger partial charge in [0, 0.05) is 12.3 Å². The van der Waals surface area contributed by atoms with Crippen LogP contribution >= 0.6 is 0 Å². The summed E-state index contributed by atoms with van der Waals surface area (Å²) < 4.78 is 4.79. The molecule has 0 aromatic heterocycles. The third-order valence-electron chi connectivity index (χ3n) is 2.94. The summed E-state index contributed by atoms with van der Waals surface area (Å²) >= 11 is 0. The van der Waals surface area contributed by atoms with Crippen molar-refractivity contribution >= 4 is 11.8 Å². The van der Waals surface area contributed by atoms with Gasteiger partial charge in [-0.2, -0.15) is 0 Å². The number of ketones is 1. The molecule has 0 aliphatic heterocycles. The Labute approximate surface area is 91.2 Å². The van der Waals surface area contributed by atoms with Crippen LogP contribution in [0.4, 0.5) is 0 Å². The molecule has 15 heavy (non-hydrogen) atoms. The highest BCUT2D eigenvalue weighted by atomic mass is 16.5. The monoisotopic (exact) mass is 212 g/mol. The van der Waals surface area contributed by atoms with E-state index in [1.54, 1.807) is 6.92 Å².